The first kappa shape index (κ1) is 25.6. The minimum Gasteiger partial charge on any atom is -0.310 e. The molecule has 0 amide bonds. The number of fused-ring (bicyclic) bond motifs is 3. The van der Waals surface area contributed by atoms with Crippen LogP contribution in [-0.4, -0.2) is 4.57 Å². The van der Waals surface area contributed by atoms with Crippen molar-refractivity contribution in [2.45, 2.75) is 25.7 Å². The summed E-state index contributed by atoms with van der Waals surface area (Å²) in [6, 6.07) is 46.4. The molecule has 1 heteroatoms. The smallest absolute Gasteiger partial charge is 0.0544 e. The molecule has 0 radical (unpaired) electrons. The van der Waals surface area contributed by atoms with E-state index in [1.807, 2.05) is 0 Å². The maximum Gasteiger partial charge on any atom is 0.0544 e. The molecule has 0 atom stereocenters. The molecule has 0 spiro atoms. The Balaban J connectivity index is 1.29. The van der Waals surface area contributed by atoms with Crippen LogP contribution in [0.5, 0.6) is 0 Å². The summed E-state index contributed by atoms with van der Waals surface area (Å²) >= 11 is 0. The fraction of sp³-hybridized carbons (Fsp3) is 0.0952. The first-order valence-corrected chi connectivity index (χ1v) is 15.4. The molecular weight excluding hydrogens is 518 g/mol. The molecule has 0 aliphatic heterocycles. The maximum atomic E-state index is 2.50. The third kappa shape index (κ3) is 4.68. The van der Waals surface area contributed by atoms with Gasteiger partial charge in [-0.3, -0.25) is 0 Å². The van der Waals surface area contributed by atoms with Gasteiger partial charge in [-0.25, -0.2) is 0 Å². The molecule has 2 aliphatic carbocycles. The molecule has 2 aliphatic rings. The lowest BCUT2D eigenvalue weighted by atomic mass is 9.85. The molecular formula is C42H33N. The Bertz CT molecular complexity index is 2020. The maximum absolute atomic E-state index is 2.50. The first-order chi connectivity index (χ1) is 21.3. The number of rotatable bonds is 5. The van der Waals surface area contributed by atoms with Gasteiger partial charge in [-0.2, -0.15) is 0 Å². The highest BCUT2D eigenvalue weighted by Gasteiger charge is 2.22. The first-order valence-electron chi connectivity index (χ1n) is 15.4. The summed E-state index contributed by atoms with van der Waals surface area (Å²) in [6.45, 7) is 0. The second-order valence-electron chi connectivity index (χ2n) is 11.6. The van der Waals surface area contributed by atoms with E-state index in [0.717, 1.165) is 25.7 Å². The van der Waals surface area contributed by atoms with Gasteiger partial charge in [0.1, 0.15) is 0 Å². The van der Waals surface area contributed by atoms with Gasteiger partial charge in [-0.1, -0.05) is 121 Å². The topological polar surface area (TPSA) is 4.93 Å². The van der Waals surface area contributed by atoms with Crippen molar-refractivity contribution in [1.29, 1.82) is 0 Å². The van der Waals surface area contributed by atoms with Gasteiger partial charge in [0.15, 0.2) is 0 Å². The molecule has 1 nitrogen and oxygen atoms in total. The van der Waals surface area contributed by atoms with Gasteiger partial charge >= 0.3 is 0 Å². The summed E-state index contributed by atoms with van der Waals surface area (Å²) in [7, 11) is 0. The van der Waals surface area contributed by atoms with Crippen molar-refractivity contribution in [1.82, 2.24) is 4.57 Å². The summed E-state index contributed by atoms with van der Waals surface area (Å²) in [5.41, 5.74) is 15.7. The van der Waals surface area contributed by atoms with Crippen LogP contribution in [0.25, 0.3) is 56.1 Å². The van der Waals surface area contributed by atoms with Gasteiger partial charge in [0.05, 0.1) is 5.52 Å². The third-order valence-corrected chi connectivity index (χ3v) is 8.97. The Morgan fingerprint density at radius 1 is 0.535 bits per heavy atom. The number of allylic oxidation sites excluding steroid dienone is 5. The molecule has 5 aromatic carbocycles. The summed E-state index contributed by atoms with van der Waals surface area (Å²) in [6.07, 6.45) is 13.7. The summed E-state index contributed by atoms with van der Waals surface area (Å²) in [5.74, 6) is 0. The van der Waals surface area contributed by atoms with E-state index in [9.17, 15) is 0 Å². The van der Waals surface area contributed by atoms with Gasteiger partial charge in [0.2, 0.25) is 0 Å². The SMILES string of the molecule is C1=Cc2c(c3cc(C4=CC(c5ccc(-c6ccccc6)cc5)=CCC4)c(-c4ccccc4)cc3n2-c2ccccc2)CC1. The average molecular weight is 552 g/mol. The molecule has 1 heterocycles. The van der Waals surface area contributed by atoms with E-state index in [1.54, 1.807) is 0 Å². The normalized spacial score (nSPS) is 14.3. The molecule has 1 aromatic heterocycles. The van der Waals surface area contributed by atoms with E-state index in [0.29, 0.717) is 0 Å². The van der Waals surface area contributed by atoms with Crippen LogP contribution in [0.4, 0.5) is 0 Å². The highest BCUT2D eigenvalue weighted by Crippen LogP contribution is 2.42. The third-order valence-electron chi connectivity index (χ3n) is 8.97. The van der Waals surface area contributed by atoms with Crippen LogP contribution in [0, 0.1) is 0 Å². The van der Waals surface area contributed by atoms with Crippen LogP contribution >= 0.6 is 0 Å². The van der Waals surface area contributed by atoms with E-state index in [4.69, 9.17) is 0 Å². The number of aromatic nitrogens is 1. The molecule has 206 valence electrons. The van der Waals surface area contributed by atoms with Gasteiger partial charge < -0.3 is 4.57 Å². The fourth-order valence-electron chi connectivity index (χ4n) is 6.86. The van der Waals surface area contributed by atoms with Crippen molar-refractivity contribution in [2.75, 3.05) is 0 Å². The van der Waals surface area contributed by atoms with Crippen LogP contribution in [0.2, 0.25) is 0 Å². The lowest BCUT2D eigenvalue weighted by Gasteiger charge is -2.19. The Hall–Kier alpha value is -5.14. The largest absolute Gasteiger partial charge is 0.310 e. The average Bonchev–Trinajstić information content (AvgIpc) is 3.42. The van der Waals surface area contributed by atoms with E-state index >= 15 is 0 Å². The van der Waals surface area contributed by atoms with Crippen LogP contribution in [-0.2, 0) is 6.42 Å². The lowest BCUT2D eigenvalue weighted by molar-refractivity contribution is 0.967. The highest BCUT2D eigenvalue weighted by atomic mass is 15.0. The Morgan fingerprint density at radius 3 is 1.93 bits per heavy atom. The number of para-hydroxylation sites is 1. The van der Waals surface area contributed by atoms with Gasteiger partial charge in [-0.15, -0.1) is 0 Å². The number of nitrogens with zero attached hydrogens (tertiary/aromatic N) is 1. The minimum atomic E-state index is 1.04. The van der Waals surface area contributed by atoms with Crippen molar-refractivity contribution in [3.63, 3.8) is 0 Å². The van der Waals surface area contributed by atoms with Crippen LogP contribution < -0.4 is 0 Å². The van der Waals surface area contributed by atoms with Gasteiger partial charge in [0.25, 0.3) is 0 Å². The van der Waals surface area contributed by atoms with Crippen molar-refractivity contribution in [2.24, 2.45) is 0 Å². The minimum absolute atomic E-state index is 1.04. The molecule has 0 bridgehead atoms. The fourth-order valence-corrected chi connectivity index (χ4v) is 6.86. The second-order valence-corrected chi connectivity index (χ2v) is 11.6. The van der Waals surface area contributed by atoms with Crippen LogP contribution in [0.15, 0.2) is 146 Å². The Kier molecular flexibility index (Phi) is 6.50. The Labute approximate surface area is 253 Å². The molecule has 43 heavy (non-hydrogen) atoms. The zero-order chi connectivity index (χ0) is 28.6. The predicted molar refractivity (Wildman–Crippen MR) is 183 cm³/mol. The zero-order valence-electron chi connectivity index (χ0n) is 24.2. The van der Waals surface area contributed by atoms with E-state index in [2.05, 4.69) is 156 Å². The summed E-state index contributed by atoms with van der Waals surface area (Å²) in [4.78, 5) is 0. The molecule has 6 aromatic rings. The molecule has 8 rings (SSSR count). The molecule has 0 saturated heterocycles. The van der Waals surface area contributed by atoms with Crippen LogP contribution in [0.3, 0.4) is 0 Å². The monoisotopic (exact) mass is 551 g/mol. The van der Waals surface area contributed by atoms with Gasteiger partial charge in [-0.05, 0) is 106 Å². The molecule has 0 N–H and O–H groups in total. The predicted octanol–water partition coefficient (Wildman–Crippen LogP) is 11.2. The van der Waals surface area contributed by atoms with Crippen LogP contribution in [0.1, 0.15) is 41.6 Å². The number of hydrogen-bond donors (Lipinski definition) is 0. The van der Waals surface area contributed by atoms with E-state index < -0.39 is 0 Å². The van der Waals surface area contributed by atoms with E-state index in [-0.39, 0.29) is 0 Å². The lowest BCUT2D eigenvalue weighted by Crippen LogP contribution is -2.00. The zero-order valence-corrected chi connectivity index (χ0v) is 24.2. The second kappa shape index (κ2) is 10.9. The van der Waals surface area contributed by atoms with Crippen molar-refractivity contribution in [3.8, 4) is 27.9 Å². The van der Waals surface area contributed by atoms with Crippen molar-refractivity contribution < 1.29 is 0 Å². The Morgan fingerprint density at radius 2 is 1.19 bits per heavy atom. The van der Waals surface area contributed by atoms with Crippen molar-refractivity contribution >= 4 is 28.1 Å². The number of benzene rings is 5. The molecule has 0 fully saturated rings. The summed E-state index contributed by atoms with van der Waals surface area (Å²) < 4.78 is 2.46. The molecule has 0 unspecified atom stereocenters. The van der Waals surface area contributed by atoms with E-state index in [1.165, 1.54) is 72.4 Å². The summed E-state index contributed by atoms with van der Waals surface area (Å²) in [5, 5.41) is 1.38. The highest BCUT2D eigenvalue weighted by molar-refractivity contribution is 6.00. The molecule has 0 saturated carbocycles. The standard InChI is InChI=1S/C42H33N/c1-4-13-30(14-5-1)31-23-25-32(26-24-31)34-17-12-18-35(27-34)38-28-40-37-21-10-11-22-41(37)43(36-19-8-3-9-20-36)42(40)29-39(38)33-15-6-2-7-16-33/h1-9,11,13-17,19-20,22-29H,10,12,18,21H2. The number of hydrogen-bond acceptors (Lipinski definition) is 0. The number of aryl methyl sites for hydroxylation is 1. The van der Waals surface area contributed by atoms with Gasteiger partial charge in [0, 0.05) is 16.8 Å². The quantitative estimate of drug-likeness (QED) is 0.201. The van der Waals surface area contributed by atoms with Crippen molar-refractivity contribution in [3.05, 3.63) is 168 Å².